The molecule has 0 saturated heterocycles. The van der Waals surface area contributed by atoms with Crippen LogP contribution >= 0.6 is 15.9 Å². The highest BCUT2D eigenvalue weighted by Crippen LogP contribution is 2.21. The molecule has 0 saturated carbocycles. The highest BCUT2D eigenvalue weighted by atomic mass is 79.9. The third-order valence-corrected chi connectivity index (χ3v) is 4.24. The van der Waals surface area contributed by atoms with E-state index < -0.39 is 10.0 Å². The lowest BCUT2D eigenvalue weighted by molar-refractivity contribution is 0.373. The Bertz CT molecular complexity index is 697. The van der Waals surface area contributed by atoms with E-state index in [9.17, 15) is 8.42 Å². The summed E-state index contributed by atoms with van der Waals surface area (Å²) < 4.78 is 33.8. The SMILES string of the molecule is COc1cc(NS(=O)(=O)c2cccc(Br)c2)nn1C. The van der Waals surface area contributed by atoms with Crippen LogP contribution in [0.25, 0.3) is 0 Å². The fourth-order valence-corrected chi connectivity index (χ4v) is 3.11. The van der Waals surface area contributed by atoms with Crippen molar-refractivity contribution >= 4 is 31.8 Å². The van der Waals surface area contributed by atoms with Gasteiger partial charge in [0.1, 0.15) is 0 Å². The van der Waals surface area contributed by atoms with Gasteiger partial charge in [0.25, 0.3) is 10.0 Å². The smallest absolute Gasteiger partial charge is 0.263 e. The molecule has 1 aromatic heterocycles. The topological polar surface area (TPSA) is 73.2 Å². The molecular formula is C11H12BrN3O3S. The van der Waals surface area contributed by atoms with E-state index in [4.69, 9.17) is 4.74 Å². The van der Waals surface area contributed by atoms with Crippen molar-refractivity contribution in [3.05, 3.63) is 34.8 Å². The highest BCUT2D eigenvalue weighted by Gasteiger charge is 2.17. The molecule has 2 aromatic rings. The molecule has 0 fully saturated rings. The molecule has 0 radical (unpaired) electrons. The molecule has 19 heavy (non-hydrogen) atoms. The van der Waals surface area contributed by atoms with Crippen molar-refractivity contribution in [3.63, 3.8) is 0 Å². The molecule has 0 bridgehead atoms. The van der Waals surface area contributed by atoms with Crippen molar-refractivity contribution in [1.82, 2.24) is 9.78 Å². The van der Waals surface area contributed by atoms with Crippen LogP contribution in [0, 0.1) is 0 Å². The Morgan fingerprint density at radius 2 is 2.11 bits per heavy atom. The maximum Gasteiger partial charge on any atom is 0.263 e. The maximum absolute atomic E-state index is 12.1. The minimum absolute atomic E-state index is 0.159. The molecule has 0 spiro atoms. The summed E-state index contributed by atoms with van der Waals surface area (Å²) in [6.45, 7) is 0. The molecule has 0 aliphatic carbocycles. The summed E-state index contributed by atoms with van der Waals surface area (Å²) in [5, 5.41) is 4.00. The minimum Gasteiger partial charge on any atom is -0.481 e. The van der Waals surface area contributed by atoms with Crippen LogP contribution < -0.4 is 9.46 Å². The summed E-state index contributed by atoms with van der Waals surface area (Å²) in [7, 11) is -0.507. The Morgan fingerprint density at radius 3 is 2.68 bits per heavy atom. The standard InChI is InChI=1S/C11H12BrN3O3S/c1-15-11(18-2)7-10(13-15)14-19(16,17)9-5-3-4-8(12)6-9/h3-7H,1-2H3,(H,13,14). The molecule has 2 rings (SSSR count). The third-order valence-electron chi connectivity index (χ3n) is 2.39. The molecule has 0 aliphatic rings. The van der Waals surface area contributed by atoms with Crippen LogP contribution in [0.2, 0.25) is 0 Å². The minimum atomic E-state index is -3.66. The van der Waals surface area contributed by atoms with E-state index in [0.29, 0.717) is 10.4 Å². The zero-order valence-electron chi connectivity index (χ0n) is 10.3. The number of aromatic nitrogens is 2. The van der Waals surface area contributed by atoms with Gasteiger partial charge in [-0.1, -0.05) is 22.0 Å². The predicted molar refractivity (Wildman–Crippen MR) is 74.7 cm³/mol. The average molecular weight is 346 g/mol. The first kappa shape index (κ1) is 13.9. The van der Waals surface area contributed by atoms with Gasteiger partial charge in [0, 0.05) is 17.6 Å². The molecule has 6 nitrogen and oxygen atoms in total. The number of nitrogens with zero attached hydrogens (tertiary/aromatic N) is 2. The second-order valence-corrected chi connectivity index (χ2v) is 6.36. The Balaban J connectivity index is 2.31. The molecule has 0 aliphatic heterocycles. The first-order valence-electron chi connectivity index (χ1n) is 5.29. The van der Waals surface area contributed by atoms with E-state index in [1.807, 2.05) is 0 Å². The average Bonchev–Trinajstić information content (AvgIpc) is 2.68. The van der Waals surface area contributed by atoms with Gasteiger partial charge in [-0.15, -0.1) is 0 Å². The molecule has 1 N–H and O–H groups in total. The highest BCUT2D eigenvalue weighted by molar-refractivity contribution is 9.10. The van der Waals surface area contributed by atoms with Gasteiger partial charge in [-0.3, -0.25) is 4.72 Å². The van der Waals surface area contributed by atoms with Gasteiger partial charge in [-0.05, 0) is 18.2 Å². The van der Waals surface area contributed by atoms with Crippen molar-refractivity contribution in [3.8, 4) is 5.88 Å². The van der Waals surface area contributed by atoms with Crippen LogP contribution in [-0.4, -0.2) is 25.3 Å². The van der Waals surface area contributed by atoms with Crippen LogP contribution in [0.5, 0.6) is 5.88 Å². The van der Waals surface area contributed by atoms with Gasteiger partial charge in [0.05, 0.1) is 12.0 Å². The summed E-state index contributed by atoms with van der Waals surface area (Å²) in [5.74, 6) is 0.672. The maximum atomic E-state index is 12.1. The van der Waals surface area contributed by atoms with E-state index in [0.717, 1.165) is 0 Å². The van der Waals surface area contributed by atoms with Gasteiger partial charge in [0.2, 0.25) is 5.88 Å². The van der Waals surface area contributed by atoms with Crippen LogP contribution in [0.1, 0.15) is 0 Å². The molecule has 102 valence electrons. The number of anilines is 1. The van der Waals surface area contributed by atoms with Gasteiger partial charge in [0.15, 0.2) is 5.82 Å². The number of sulfonamides is 1. The molecule has 0 atom stereocenters. The molecular weight excluding hydrogens is 334 g/mol. The van der Waals surface area contributed by atoms with Gasteiger partial charge in [-0.2, -0.15) is 5.10 Å². The Kier molecular flexibility index (Phi) is 3.81. The van der Waals surface area contributed by atoms with Crippen LogP contribution in [0.15, 0.2) is 39.7 Å². The van der Waals surface area contributed by atoms with E-state index >= 15 is 0 Å². The second kappa shape index (κ2) is 5.22. The quantitative estimate of drug-likeness (QED) is 0.919. The van der Waals surface area contributed by atoms with Crippen molar-refractivity contribution in [2.24, 2.45) is 7.05 Å². The number of methoxy groups -OCH3 is 1. The van der Waals surface area contributed by atoms with Crippen molar-refractivity contribution < 1.29 is 13.2 Å². The summed E-state index contributed by atoms with van der Waals surface area (Å²) in [4.78, 5) is 0.159. The number of hydrogen-bond acceptors (Lipinski definition) is 4. The largest absolute Gasteiger partial charge is 0.481 e. The zero-order chi connectivity index (χ0) is 14.0. The van der Waals surface area contributed by atoms with E-state index in [1.165, 1.54) is 30.0 Å². The van der Waals surface area contributed by atoms with Crippen molar-refractivity contribution in [2.75, 3.05) is 11.8 Å². The number of rotatable bonds is 4. The lowest BCUT2D eigenvalue weighted by atomic mass is 10.4. The summed E-state index contributed by atoms with van der Waals surface area (Å²) in [5.41, 5.74) is 0. The summed E-state index contributed by atoms with van der Waals surface area (Å²) in [6.07, 6.45) is 0. The first-order valence-corrected chi connectivity index (χ1v) is 7.56. The number of hydrogen-bond donors (Lipinski definition) is 1. The van der Waals surface area contributed by atoms with Crippen LogP contribution in [0.4, 0.5) is 5.82 Å². The van der Waals surface area contributed by atoms with E-state index in [1.54, 1.807) is 19.2 Å². The summed E-state index contributed by atoms with van der Waals surface area (Å²) >= 11 is 3.24. The Labute approximate surface area is 119 Å². The van der Waals surface area contributed by atoms with Crippen molar-refractivity contribution in [1.29, 1.82) is 0 Å². The third kappa shape index (κ3) is 3.07. The Morgan fingerprint density at radius 1 is 1.37 bits per heavy atom. The van der Waals surface area contributed by atoms with E-state index in [2.05, 4.69) is 25.8 Å². The number of halogens is 1. The monoisotopic (exact) mass is 345 g/mol. The number of benzene rings is 1. The molecule has 0 amide bonds. The van der Waals surface area contributed by atoms with Crippen LogP contribution in [-0.2, 0) is 17.1 Å². The fourth-order valence-electron chi connectivity index (χ4n) is 1.52. The normalized spacial score (nSPS) is 11.3. The number of ether oxygens (including phenoxy) is 1. The lowest BCUT2D eigenvalue weighted by Gasteiger charge is -2.05. The first-order chi connectivity index (χ1) is 8.92. The van der Waals surface area contributed by atoms with Gasteiger partial charge >= 0.3 is 0 Å². The summed E-state index contributed by atoms with van der Waals surface area (Å²) in [6, 6.07) is 7.94. The second-order valence-electron chi connectivity index (χ2n) is 3.76. The fraction of sp³-hybridized carbons (Fsp3) is 0.182. The molecule has 1 heterocycles. The number of aryl methyl sites for hydroxylation is 1. The van der Waals surface area contributed by atoms with E-state index in [-0.39, 0.29) is 10.7 Å². The zero-order valence-corrected chi connectivity index (χ0v) is 12.7. The lowest BCUT2D eigenvalue weighted by Crippen LogP contribution is -2.13. The van der Waals surface area contributed by atoms with Gasteiger partial charge in [-0.25, -0.2) is 13.1 Å². The molecule has 1 aromatic carbocycles. The molecule has 8 heteroatoms. The number of nitrogens with one attached hydrogen (secondary N) is 1. The van der Waals surface area contributed by atoms with Crippen LogP contribution in [0.3, 0.4) is 0 Å². The Hall–Kier alpha value is -1.54. The predicted octanol–water partition coefficient (Wildman–Crippen LogP) is 1.99. The molecule has 0 unspecified atom stereocenters. The van der Waals surface area contributed by atoms with Gasteiger partial charge < -0.3 is 4.74 Å². The van der Waals surface area contributed by atoms with Crippen molar-refractivity contribution in [2.45, 2.75) is 4.90 Å².